The summed E-state index contributed by atoms with van der Waals surface area (Å²) in [4.78, 5) is 15.0. The highest BCUT2D eigenvalue weighted by Crippen LogP contribution is 2.60. The number of ether oxygens (including phenoxy) is 1. The van der Waals surface area contributed by atoms with Gasteiger partial charge in [0.2, 0.25) is 6.04 Å². The molecule has 0 radical (unpaired) electrons. The Balaban J connectivity index is 1.74. The van der Waals surface area contributed by atoms with Crippen LogP contribution in [-0.2, 0) is 9.53 Å². The first-order valence-electron chi connectivity index (χ1n) is 7.08. The van der Waals surface area contributed by atoms with E-state index in [-0.39, 0.29) is 17.6 Å². The summed E-state index contributed by atoms with van der Waals surface area (Å²) < 4.78 is 5.55. The van der Waals surface area contributed by atoms with Crippen molar-refractivity contribution in [2.75, 3.05) is 0 Å². The van der Waals surface area contributed by atoms with Crippen molar-refractivity contribution in [3.63, 3.8) is 0 Å². The van der Waals surface area contributed by atoms with Crippen LogP contribution in [0.25, 0.3) is 4.85 Å². The summed E-state index contributed by atoms with van der Waals surface area (Å²) in [6.45, 7) is 10.9. The lowest BCUT2D eigenvalue weighted by Gasteiger charge is -2.43. The first kappa shape index (κ1) is 12.0. The molecule has 6 unspecified atom stereocenters. The van der Waals surface area contributed by atoms with Crippen LogP contribution in [0, 0.1) is 30.2 Å². The third kappa shape index (κ3) is 1.74. The van der Waals surface area contributed by atoms with Gasteiger partial charge in [0, 0.05) is 19.3 Å². The van der Waals surface area contributed by atoms with Gasteiger partial charge in [-0.1, -0.05) is 0 Å². The summed E-state index contributed by atoms with van der Waals surface area (Å²) in [5.74, 6) is 2.63. The van der Waals surface area contributed by atoms with Crippen LogP contribution in [0.15, 0.2) is 0 Å². The van der Waals surface area contributed by atoms with Gasteiger partial charge < -0.3 is 9.58 Å². The van der Waals surface area contributed by atoms with Crippen LogP contribution >= 0.6 is 0 Å². The molecular formula is C15H21NO2. The van der Waals surface area contributed by atoms with Crippen LogP contribution in [0.3, 0.4) is 0 Å². The van der Waals surface area contributed by atoms with Crippen LogP contribution in [-0.4, -0.2) is 17.6 Å². The second kappa shape index (κ2) is 3.98. The minimum Gasteiger partial charge on any atom is -0.460 e. The van der Waals surface area contributed by atoms with Crippen LogP contribution in [0.5, 0.6) is 0 Å². The number of carbonyl (C=O) groups is 1. The first-order chi connectivity index (χ1) is 8.52. The van der Waals surface area contributed by atoms with E-state index in [1.807, 2.05) is 0 Å². The fraction of sp³-hybridized carbons (Fsp3) is 0.867. The predicted molar refractivity (Wildman–Crippen MR) is 67.6 cm³/mol. The van der Waals surface area contributed by atoms with Crippen LogP contribution in [0.1, 0.15) is 46.0 Å². The summed E-state index contributed by atoms with van der Waals surface area (Å²) in [7, 11) is 0. The second-order valence-corrected chi connectivity index (χ2v) is 6.71. The quantitative estimate of drug-likeness (QED) is 0.526. The van der Waals surface area contributed by atoms with Crippen molar-refractivity contribution in [2.24, 2.45) is 23.7 Å². The highest BCUT2D eigenvalue weighted by molar-refractivity contribution is 5.66. The van der Waals surface area contributed by atoms with Gasteiger partial charge in [-0.15, -0.1) is 0 Å². The Labute approximate surface area is 109 Å². The van der Waals surface area contributed by atoms with Crippen molar-refractivity contribution >= 4 is 5.97 Å². The fourth-order valence-corrected chi connectivity index (χ4v) is 4.97. The summed E-state index contributed by atoms with van der Waals surface area (Å²) in [5, 5.41) is 0. The Morgan fingerprint density at radius 1 is 1.33 bits per heavy atom. The molecule has 6 atom stereocenters. The molecule has 0 amide bonds. The van der Waals surface area contributed by atoms with Gasteiger partial charge >= 0.3 is 5.97 Å². The minimum atomic E-state index is -0.245. The second-order valence-electron chi connectivity index (χ2n) is 6.71. The number of carbonyl (C=O) groups excluding carboxylic acids is 1. The Kier molecular flexibility index (Phi) is 2.66. The molecule has 0 spiro atoms. The maximum Gasteiger partial charge on any atom is 0.303 e. The van der Waals surface area contributed by atoms with Gasteiger partial charge in [-0.2, -0.15) is 0 Å². The predicted octanol–water partition coefficient (Wildman–Crippen LogP) is 3.05. The number of hydrogen-bond donors (Lipinski definition) is 0. The Morgan fingerprint density at radius 2 is 2.11 bits per heavy atom. The van der Waals surface area contributed by atoms with E-state index in [0.717, 1.165) is 31.6 Å². The monoisotopic (exact) mass is 247 g/mol. The number of rotatable bonds is 1. The first-order valence-corrected chi connectivity index (χ1v) is 7.08. The highest BCUT2D eigenvalue weighted by atomic mass is 16.6. The molecule has 3 aliphatic rings. The van der Waals surface area contributed by atoms with E-state index in [0.29, 0.717) is 17.8 Å². The molecule has 3 aliphatic carbocycles. The van der Waals surface area contributed by atoms with Crippen LogP contribution in [0.2, 0.25) is 0 Å². The molecule has 3 rings (SSSR count). The molecule has 0 aromatic carbocycles. The van der Waals surface area contributed by atoms with Crippen molar-refractivity contribution in [1.29, 1.82) is 0 Å². The largest absolute Gasteiger partial charge is 0.460 e. The zero-order valence-corrected chi connectivity index (χ0v) is 11.2. The van der Waals surface area contributed by atoms with E-state index in [2.05, 4.69) is 11.8 Å². The summed E-state index contributed by atoms with van der Waals surface area (Å²) >= 11 is 0. The number of nitrogens with zero attached hydrogens (tertiary/aromatic N) is 1. The lowest BCUT2D eigenvalue weighted by molar-refractivity contribution is -0.162. The minimum absolute atomic E-state index is 0.154. The molecule has 0 aliphatic heterocycles. The normalized spacial score (nSPS) is 49.5. The molecule has 2 bridgehead atoms. The standard InChI is InChI=1S/C15H21NO2/c1-9(17)18-15(2)5-4-11-12-6-10(13(11)8-15)7-14(12)16-3/h10-14H,4-8H2,1-2H3. The number of fused-ring (bicyclic) bond motifs is 5. The van der Waals surface area contributed by atoms with Gasteiger partial charge in [0.05, 0.1) is 0 Å². The fourth-order valence-electron chi connectivity index (χ4n) is 4.97. The molecule has 98 valence electrons. The summed E-state index contributed by atoms with van der Waals surface area (Å²) in [6, 6.07) is 0.286. The van der Waals surface area contributed by atoms with Gasteiger partial charge in [0.1, 0.15) is 5.60 Å². The smallest absolute Gasteiger partial charge is 0.303 e. The Hall–Kier alpha value is -1.04. The van der Waals surface area contributed by atoms with Gasteiger partial charge in [0.15, 0.2) is 0 Å². The van der Waals surface area contributed by atoms with Gasteiger partial charge in [0.25, 0.3) is 0 Å². The zero-order valence-electron chi connectivity index (χ0n) is 11.2. The third-order valence-electron chi connectivity index (χ3n) is 5.55. The van der Waals surface area contributed by atoms with Gasteiger partial charge in [-0.3, -0.25) is 4.79 Å². The summed E-state index contributed by atoms with van der Waals surface area (Å²) in [6.07, 6.45) is 5.47. The van der Waals surface area contributed by atoms with Gasteiger partial charge in [-0.05, 0) is 50.4 Å². The number of hydrogen-bond acceptors (Lipinski definition) is 2. The molecule has 0 aromatic heterocycles. The van der Waals surface area contributed by atoms with Gasteiger partial charge in [-0.25, -0.2) is 6.57 Å². The van der Waals surface area contributed by atoms with E-state index in [1.165, 1.54) is 13.3 Å². The lowest BCUT2D eigenvalue weighted by Crippen LogP contribution is -2.44. The molecule has 18 heavy (non-hydrogen) atoms. The van der Waals surface area contributed by atoms with E-state index in [1.54, 1.807) is 0 Å². The van der Waals surface area contributed by atoms with Crippen molar-refractivity contribution in [1.82, 2.24) is 0 Å². The van der Waals surface area contributed by atoms with E-state index in [4.69, 9.17) is 11.3 Å². The average Bonchev–Trinajstić information content (AvgIpc) is 2.84. The Bertz CT molecular complexity index is 413. The molecule has 0 saturated heterocycles. The maximum atomic E-state index is 11.2. The molecule has 3 saturated carbocycles. The Morgan fingerprint density at radius 3 is 2.78 bits per heavy atom. The SMILES string of the molecule is [C-]#[N+]C1CC2CC1C1CCC(C)(OC(C)=O)CC21. The van der Waals surface area contributed by atoms with E-state index < -0.39 is 0 Å². The van der Waals surface area contributed by atoms with Crippen molar-refractivity contribution in [3.8, 4) is 0 Å². The van der Waals surface area contributed by atoms with Crippen molar-refractivity contribution in [3.05, 3.63) is 11.4 Å². The number of esters is 1. The third-order valence-corrected chi connectivity index (χ3v) is 5.55. The topological polar surface area (TPSA) is 30.7 Å². The van der Waals surface area contributed by atoms with E-state index >= 15 is 0 Å². The average molecular weight is 247 g/mol. The molecule has 3 nitrogen and oxygen atoms in total. The van der Waals surface area contributed by atoms with Crippen molar-refractivity contribution in [2.45, 2.75) is 57.6 Å². The molecular weight excluding hydrogens is 226 g/mol. The molecule has 0 aromatic rings. The lowest BCUT2D eigenvalue weighted by atomic mass is 9.65. The van der Waals surface area contributed by atoms with Crippen LogP contribution in [0.4, 0.5) is 0 Å². The van der Waals surface area contributed by atoms with Crippen LogP contribution < -0.4 is 0 Å². The molecule has 3 heteroatoms. The van der Waals surface area contributed by atoms with Crippen molar-refractivity contribution < 1.29 is 9.53 Å². The molecule has 3 fully saturated rings. The molecule has 0 N–H and O–H groups in total. The van der Waals surface area contributed by atoms with E-state index in [9.17, 15) is 4.79 Å². The zero-order chi connectivity index (χ0) is 12.9. The summed E-state index contributed by atoms with van der Waals surface area (Å²) in [5.41, 5.74) is -0.245. The maximum absolute atomic E-state index is 11.2. The molecule has 0 heterocycles. The highest BCUT2D eigenvalue weighted by Gasteiger charge is 2.59.